The molecule has 16 heavy (non-hydrogen) atoms. The molecule has 1 amide bonds. The lowest BCUT2D eigenvalue weighted by Gasteiger charge is -2.37. The fourth-order valence-corrected chi connectivity index (χ4v) is 2.16. The lowest BCUT2D eigenvalue weighted by molar-refractivity contribution is -0.139. The SMILES string of the molecule is CC(C)N(C(C)C)C(CC(N)=O)CC(=O)O. The number of carbonyl (C=O) groups is 2. The number of carbonyl (C=O) groups excluding carboxylic acids is 1. The molecule has 5 heteroatoms. The molecule has 0 aliphatic carbocycles. The lowest BCUT2D eigenvalue weighted by Crippen LogP contribution is -2.47. The minimum Gasteiger partial charge on any atom is -0.481 e. The molecule has 0 radical (unpaired) electrons. The molecule has 0 saturated carbocycles. The number of carboxylic acids is 1. The van der Waals surface area contributed by atoms with Gasteiger partial charge in [-0.3, -0.25) is 14.5 Å². The normalized spacial score (nSPS) is 13.4. The van der Waals surface area contributed by atoms with E-state index in [0.29, 0.717) is 0 Å². The van der Waals surface area contributed by atoms with Gasteiger partial charge in [0.25, 0.3) is 0 Å². The third-order valence-electron chi connectivity index (χ3n) is 2.46. The lowest BCUT2D eigenvalue weighted by atomic mass is 10.0. The smallest absolute Gasteiger partial charge is 0.304 e. The Balaban J connectivity index is 4.80. The van der Waals surface area contributed by atoms with Gasteiger partial charge in [0.1, 0.15) is 0 Å². The van der Waals surface area contributed by atoms with Crippen LogP contribution in [0.1, 0.15) is 40.5 Å². The topological polar surface area (TPSA) is 83.6 Å². The fraction of sp³-hybridized carbons (Fsp3) is 0.818. The molecule has 94 valence electrons. The largest absolute Gasteiger partial charge is 0.481 e. The van der Waals surface area contributed by atoms with Crippen LogP contribution in [0.25, 0.3) is 0 Å². The molecule has 0 aliphatic heterocycles. The molecule has 0 rings (SSSR count). The van der Waals surface area contributed by atoms with Gasteiger partial charge < -0.3 is 10.8 Å². The van der Waals surface area contributed by atoms with Gasteiger partial charge in [0.05, 0.1) is 6.42 Å². The molecule has 1 unspecified atom stereocenters. The van der Waals surface area contributed by atoms with Crippen LogP contribution in [0, 0.1) is 0 Å². The number of nitrogens with two attached hydrogens (primary N) is 1. The zero-order valence-corrected chi connectivity index (χ0v) is 10.4. The summed E-state index contributed by atoms with van der Waals surface area (Å²) in [6.07, 6.45) is 0.0297. The number of rotatable bonds is 7. The van der Waals surface area contributed by atoms with Crippen LogP contribution in [0.4, 0.5) is 0 Å². The van der Waals surface area contributed by atoms with Crippen molar-refractivity contribution in [3.63, 3.8) is 0 Å². The Morgan fingerprint density at radius 1 is 1.12 bits per heavy atom. The van der Waals surface area contributed by atoms with Crippen molar-refractivity contribution < 1.29 is 14.7 Å². The Labute approximate surface area is 96.6 Å². The summed E-state index contributed by atoms with van der Waals surface area (Å²) in [6, 6.07) is 0.0439. The first kappa shape index (κ1) is 14.9. The summed E-state index contributed by atoms with van der Waals surface area (Å²) in [5.74, 6) is -1.37. The minimum atomic E-state index is -0.905. The molecule has 0 spiro atoms. The van der Waals surface area contributed by atoms with Crippen LogP contribution in [0.2, 0.25) is 0 Å². The van der Waals surface area contributed by atoms with Crippen molar-refractivity contribution in [3.05, 3.63) is 0 Å². The van der Waals surface area contributed by atoms with Gasteiger partial charge in [-0.25, -0.2) is 0 Å². The quantitative estimate of drug-likeness (QED) is 0.678. The van der Waals surface area contributed by atoms with Crippen LogP contribution in [-0.2, 0) is 9.59 Å². The van der Waals surface area contributed by atoms with E-state index < -0.39 is 11.9 Å². The maximum absolute atomic E-state index is 10.9. The van der Waals surface area contributed by atoms with E-state index in [1.165, 1.54) is 0 Å². The van der Waals surface area contributed by atoms with Crippen LogP contribution in [0.15, 0.2) is 0 Å². The summed E-state index contributed by atoms with van der Waals surface area (Å²) in [5, 5.41) is 8.83. The van der Waals surface area contributed by atoms with Gasteiger partial charge >= 0.3 is 5.97 Å². The number of carboxylic acid groups (broad SMARTS) is 1. The van der Waals surface area contributed by atoms with E-state index in [0.717, 1.165) is 0 Å². The van der Waals surface area contributed by atoms with Crippen molar-refractivity contribution >= 4 is 11.9 Å². The van der Waals surface area contributed by atoms with Gasteiger partial charge in [-0.2, -0.15) is 0 Å². The number of primary amides is 1. The molecular formula is C11H22N2O3. The van der Waals surface area contributed by atoms with Crippen molar-refractivity contribution in [2.45, 2.75) is 58.7 Å². The monoisotopic (exact) mass is 230 g/mol. The van der Waals surface area contributed by atoms with Gasteiger partial charge in [-0.1, -0.05) is 0 Å². The average molecular weight is 230 g/mol. The number of nitrogens with zero attached hydrogens (tertiary/aromatic N) is 1. The summed E-state index contributed by atoms with van der Waals surface area (Å²) in [6.45, 7) is 7.93. The molecule has 3 N–H and O–H groups in total. The highest BCUT2D eigenvalue weighted by molar-refractivity contribution is 5.76. The second kappa shape index (κ2) is 6.48. The van der Waals surface area contributed by atoms with Crippen molar-refractivity contribution in [1.29, 1.82) is 0 Å². The van der Waals surface area contributed by atoms with E-state index in [1.807, 2.05) is 32.6 Å². The molecule has 0 aliphatic rings. The molecule has 0 fully saturated rings. The predicted molar refractivity (Wildman–Crippen MR) is 62.0 cm³/mol. The third-order valence-corrected chi connectivity index (χ3v) is 2.46. The van der Waals surface area contributed by atoms with Gasteiger partial charge in [-0.15, -0.1) is 0 Å². The Bertz CT molecular complexity index is 228. The highest BCUT2D eigenvalue weighted by Gasteiger charge is 2.27. The molecule has 5 nitrogen and oxygen atoms in total. The summed E-state index contributed by atoms with van der Waals surface area (Å²) in [7, 11) is 0. The number of aliphatic carboxylic acids is 1. The molecule has 0 bridgehead atoms. The van der Waals surface area contributed by atoms with Gasteiger partial charge in [0, 0.05) is 24.5 Å². The maximum Gasteiger partial charge on any atom is 0.304 e. The molecule has 0 aromatic rings. The first-order chi connectivity index (χ1) is 7.25. The number of hydrogen-bond donors (Lipinski definition) is 2. The molecule has 0 heterocycles. The number of amides is 1. The van der Waals surface area contributed by atoms with Gasteiger partial charge in [0.2, 0.25) is 5.91 Å². The Morgan fingerprint density at radius 2 is 1.56 bits per heavy atom. The average Bonchev–Trinajstić information content (AvgIpc) is 1.98. The zero-order chi connectivity index (χ0) is 12.9. The van der Waals surface area contributed by atoms with Crippen molar-refractivity contribution in [3.8, 4) is 0 Å². The van der Waals surface area contributed by atoms with Gasteiger partial charge in [0.15, 0.2) is 0 Å². The minimum absolute atomic E-state index is 0.0563. The van der Waals surface area contributed by atoms with Crippen molar-refractivity contribution in [1.82, 2.24) is 4.90 Å². The summed E-state index contributed by atoms with van der Waals surface area (Å²) in [5.41, 5.74) is 5.15. The Hall–Kier alpha value is -1.10. The molecule has 1 atom stereocenters. The Kier molecular flexibility index (Phi) is 6.03. The second-order valence-electron chi connectivity index (χ2n) is 4.56. The highest BCUT2D eigenvalue weighted by atomic mass is 16.4. The van der Waals surface area contributed by atoms with Gasteiger partial charge in [-0.05, 0) is 27.7 Å². The van der Waals surface area contributed by atoms with E-state index in [9.17, 15) is 9.59 Å². The van der Waals surface area contributed by atoms with E-state index in [2.05, 4.69) is 0 Å². The highest BCUT2D eigenvalue weighted by Crippen LogP contribution is 2.16. The van der Waals surface area contributed by atoms with Crippen LogP contribution in [0.3, 0.4) is 0 Å². The van der Waals surface area contributed by atoms with E-state index in [-0.39, 0.29) is 31.0 Å². The molecular weight excluding hydrogens is 208 g/mol. The van der Waals surface area contributed by atoms with E-state index in [4.69, 9.17) is 10.8 Å². The van der Waals surface area contributed by atoms with E-state index in [1.54, 1.807) is 0 Å². The molecule has 0 aromatic heterocycles. The summed E-state index contributed by atoms with van der Waals surface area (Å²) in [4.78, 5) is 23.7. The van der Waals surface area contributed by atoms with Crippen LogP contribution >= 0.6 is 0 Å². The predicted octanol–water partition coefficient (Wildman–Crippen LogP) is 0.824. The zero-order valence-electron chi connectivity index (χ0n) is 10.4. The molecule has 0 saturated heterocycles. The first-order valence-electron chi connectivity index (χ1n) is 5.53. The van der Waals surface area contributed by atoms with Crippen LogP contribution in [0.5, 0.6) is 0 Å². The standard InChI is InChI=1S/C11H22N2O3/c1-7(2)13(8(3)4)9(5-10(12)14)6-11(15)16/h7-9H,5-6H2,1-4H3,(H2,12,14)(H,15,16). The van der Waals surface area contributed by atoms with Crippen molar-refractivity contribution in [2.24, 2.45) is 5.73 Å². The fourth-order valence-electron chi connectivity index (χ4n) is 2.16. The summed E-state index contributed by atoms with van der Waals surface area (Å²) < 4.78 is 0. The van der Waals surface area contributed by atoms with Crippen LogP contribution < -0.4 is 5.73 Å². The molecule has 0 aromatic carbocycles. The van der Waals surface area contributed by atoms with E-state index >= 15 is 0 Å². The second-order valence-corrected chi connectivity index (χ2v) is 4.56. The maximum atomic E-state index is 10.9. The Morgan fingerprint density at radius 3 is 1.81 bits per heavy atom. The number of hydrogen-bond acceptors (Lipinski definition) is 3. The first-order valence-corrected chi connectivity index (χ1v) is 5.53. The van der Waals surface area contributed by atoms with Crippen LogP contribution in [-0.4, -0.2) is 40.0 Å². The van der Waals surface area contributed by atoms with Crippen molar-refractivity contribution in [2.75, 3.05) is 0 Å². The third kappa shape index (κ3) is 5.11. The summed E-state index contributed by atoms with van der Waals surface area (Å²) >= 11 is 0.